The molecule has 1 amide bonds. The van der Waals surface area contributed by atoms with E-state index in [0.29, 0.717) is 5.69 Å². The fourth-order valence-corrected chi connectivity index (χ4v) is 2.11. The van der Waals surface area contributed by atoms with E-state index in [-0.39, 0.29) is 21.2 Å². The van der Waals surface area contributed by atoms with Gasteiger partial charge < -0.3 is 5.32 Å². The van der Waals surface area contributed by atoms with E-state index in [4.69, 9.17) is 34.8 Å². The van der Waals surface area contributed by atoms with Crippen LogP contribution in [0.1, 0.15) is 10.4 Å². The smallest absolute Gasteiger partial charge is 0.261 e. The Morgan fingerprint density at radius 2 is 1.58 bits per heavy atom. The Morgan fingerprint density at radius 1 is 1.05 bits per heavy atom. The molecule has 2 aromatic rings. The minimum absolute atomic E-state index is 0.0999. The lowest BCUT2D eigenvalue weighted by atomic mass is 10.2. The Hall–Kier alpha value is -1.43. The molecule has 0 atom stereocenters. The topological polar surface area (TPSA) is 54.9 Å². The van der Waals surface area contributed by atoms with Crippen LogP contribution in [0.3, 0.4) is 0 Å². The molecule has 8 heteroatoms. The van der Waals surface area contributed by atoms with Gasteiger partial charge in [0.05, 0.1) is 0 Å². The average molecular weight is 321 g/mol. The first-order valence-corrected chi connectivity index (χ1v) is 6.06. The van der Waals surface area contributed by atoms with Crippen LogP contribution in [-0.4, -0.2) is 15.9 Å². The molecule has 98 valence electrons. The van der Waals surface area contributed by atoms with Crippen LogP contribution >= 0.6 is 34.8 Å². The van der Waals surface area contributed by atoms with Crippen molar-refractivity contribution in [3.8, 4) is 0 Å². The molecule has 1 N–H and O–H groups in total. The van der Waals surface area contributed by atoms with Crippen LogP contribution < -0.4 is 5.32 Å². The average Bonchev–Trinajstić information content (AvgIpc) is 2.30. The molecule has 0 fully saturated rings. The van der Waals surface area contributed by atoms with Crippen molar-refractivity contribution in [3.63, 3.8) is 0 Å². The molecule has 0 unspecified atom stereocenters. The first-order chi connectivity index (χ1) is 8.97. The number of aromatic nitrogens is 2. The molecule has 1 heterocycles. The van der Waals surface area contributed by atoms with Crippen LogP contribution in [0.15, 0.2) is 24.3 Å². The Bertz CT molecular complexity index is 611. The van der Waals surface area contributed by atoms with E-state index in [1.165, 1.54) is 24.3 Å². The highest BCUT2D eigenvalue weighted by molar-refractivity contribution is 6.40. The van der Waals surface area contributed by atoms with E-state index in [1.54, 1.807) is 0 Å². The number of carbonyl (C=O) groups excluding carboxylic acids is 1. The highest BCUT2D eigenvalue weighted by Gasteiger charge is 2.18. The number of halogens is 4. The third-order valence-corrected chi connectivity index (χ3v) is 2.84. The Kier molecular flexibility index (Phi) is 4.19. The van der Waals surface area contributed by atoms with Gasteiger partial charge in [-0.15, -0.1) is 0 Å². The van der Waals surface area contributed by atoms with E-state index in [2.05, 4.69) is 15.3 Å². The van der Waals surface area contributed by atoms with Gasteiger partial charge in [0.25, 0.3) is 5.91 Å². The second-order valence-electron chi connectivity index (χ2n) is 3.41. The van der Waals surface area contributed by atoms with Crippen molar-refractivity contribution in [2.45, 2.75) is 0 Å². The SMILES string of the molecule is O=C(Nc1ccc(F)cc1)c1c(Cl)nc(Cl)nc1Cl. The molecule has 2 rings (SSSR count). The summed E-state index contributed by atoms with van der Waals surface area (Å²) in [5, 5.41) is 2.01. The summed E-state index contributed by atoms with van der Waals surface area (Å²) in [7, 11) is 0. The molecule has 0 saturated carbocycles. The highest BCUT2D eigenvalue weighted by atomic mass is 35.5. The van der Waals surface area contributed by atoms with Crippen LogP contribution in [0.2, 0.25) is 15.6 Å². The van der Waals surface area contributed by atoms with Crippen LogP contribution in [-0.2, 0) is 0 Å². The van der Waals surface area contributed by atoms with Gasteiger partial charge in [-0.3, -0.25) is 4.79 Å². The van der Waals surface area contributed by atoms with Gasteiger partial charge in [-0.2, -0.15) is 0 Å². The van der Waals surface area contributed by atoms with Gasteiger partial charge in [0.15, 0.2) is 0 Å². The van der Waals surface area contributed by atoms with Crippen LogP contribution in [0.5, 0.6) is 0 Å². The summed E-state index contributed by atoms with van der Waals surface area (Å²) >= 11 is 17.1. The number of rotatable bonds is 2. The second kappa shape index (κ2) is 5.69. The minimum atomic E-state index is -0.613. The third-order valence-electron chi connectivity index (χ3n) is 2.12. The quantitative estimate of drug-likeness (QED) is 0.676. The summed E-state index contributed by atoms with van der Waals surface area (Å²) < 4.78 is 12.7. The van der Waals surface area contributed by atoms with Crippen molar-refractivity contribution in [3.05, 3.63) is 51.2 Å². The summed E-state index contributed by atoms with van der Waals surface area (Å²) in [5.74, 6) is -1.03. The molecule has 0 spiro atoms. The van der Waals surface area contributed by atoms with Gasteiger partial charge in [-0.1, -0.05) is 23.2 Å². The van der Waals surface area contributed by atoms with Gasteiger partial charge in [0, 0.05) is 5.69 Å². The predicted octanol–water partition coefficient (Wildman–Crippen LogP) is 3.83. The molecular weight excluding hydrogens is 315 g/mol. The summed E-state index contributed by atoms with van der Waals surface area (Å²) in [4.78, 5) is 19.2. The van der Waals surface area contributed by atoms with Gasteiger partial charge in [0.1, 0.15) is 21.7 Å². The zero-order valence-electron chi connectivity index (χ0n) is 9.12. The lowest BCUT2D eigenvalue weighted by Crippen LogP contribution is -2.14. The van der Waals surface area contributed by atoms with Gasteiger partial charge in [0.2, 0.25) is 5.28 Å². The van der Waals surface area contributed by atoms with Gasteiger partial charge >= 0.3 is 0 Å². The van der Waals surface area contributed by atoms with E-state index >= 15 is 0 Å². The first-order valence-electron chi connectivity index (χ1n) is 4.93. The fourth-order valence-electron chi connectivity index (χ4n) is 1.30. The normalized spacial score (nSPS) is 10.3. The molecule has 19 heavy (non-hydrogen) atoms. The molecule has 0 saturated heterocycles. The van der Waals surface area contributed by atoms with Crippen LogP contribution in [0.4, 0.5) is 10.1 Å². The number of benzene rings is 1. The summed E-state index contributed by atoms with van der Waals surface area (Å²) in [5.41, 5.74) is 0.283. The fraction of sp³-hybridized carbons (Fsp3) is 0. The molecular formula is C11H5Cl3FN3O. The van der Waals surface area contributed by atoms with E-state index in [1.807, 2.05) is 0 Å². The number of anilines is 1. The first kappa shape index (κ1) is 14.0. The van der Waals surface area contributed by atoms with Crippen molar-refractivity contribution < 1.29 is 9.18 Å². The van der Waals surface area contributed by atoms with E-state index in [0.717, 1.165) is 0 Å². The molecule has 1 aromatic heterocycles. The number of nitrogens with zero attached hydrogens (tertiary/aromatic N) is 2. The zero-order valence-corrected chi connectivity index (χ0v) is 11.4. The maximum Gasteiger partial charge on any atom is 0.261 e. The van der Waals surface area contributed by atoms with Crippen molar-refractivity contribution in [1.29, 1.82) is 0 Å². The molecule has 0 bridgehead atoms. The maximum atomic E-state index is 12.7. The summed E-state index contributed by atoms with van der Waals surface area (Å²) in [6.07, 6.45) is 0. The van der Waals surface area contributed by atoms with Crippen molar-refractivity contribution in [2.75, 3.05) is 5.32 Å². The molecule has 4 nitrogen and oxygen atoms in total. The molecule has 0 aliphatic heterocycles. The van der Waals surface area contributed by atoms with Crippen molar-refractivity contribution >= 4 is 46.4 Å². The van der Waals surface area contributed by atoms with E-state index < -0.39 is 11.7 Å². The Labute approximate surface area is 122 Å². The summed E-state index contributed by atoms with van der Waals surface area (Å²) in [6, 6.07) is 5.20. The molecule has 0 aliphatic rings. The predicted molar refractivity (Wildman–Crippen MR) is 71.4 cm³/mol. The number of hydrogen-bond acceptors (Lipinski definition) is 3. The largest absolute Gasteiger partial charge is 0.322 e. The number of hydrogen-bond donors (Lipinski definition) is 1. The van der Waals surface area contributed by atoms with Crippen LogP contribution in [0.25, 0.3) is 0 Å². The lowest BCUT2D eigenvalue weighted by Gasteiger charge is -2.07. The maximum absolute atomic E-state index is 12.7. The number of nitrogens with one attached hydrogen (secondary N) is 1. The minimum Gasteiger partial charge on any atom is -0.322 e. The molecule has 0 aliphatic carbocycles. The molecule has 0 radical (unpaired) electrons. The van der Waals surface area contributed by atoms with Crippen molar-refractivity contribution in [2.24, 2.45) is 0 Å². The Balaban J connectivity index is 2.28. The second-order valence-corrected chi connectivity index (χ2v) is 4.46. The van der Waals surface area contributed by atoms with Gasteiger partial charge in [-0.05, 0) is 35.9 Å². The van der Waals surface area contributed by atoms with Gasteiger partial charge in [-0.25, -0.2) is 14.4 Å². The Morgan fingerprint density at radius 3 is 2.11 bits per heavy atom. The highest BCUT2D eigenvalue weighted by Crippen LogP contribution is 2.24. The van der Waals surface area contributed by atoms with E-state index in [9.17, 15) is 9.18 Å². The van der Waals surface area contributed by atoms with Crippen LogP contribution in [0, 0.1) is 5.82 Å². The monoisotopic (exact) mass is 319 g/mol. The van der Waals surface area contributed by atoms with Crippen molar-refractivity contribution in [1.82, 2.24) is 9.97 Å². The zero-order chi connectivity index (χ0) is 14.0. The number of carbonyl (C=O) groups is 1. The summed E-state index contributed by atoms with van der Waals surface area (Å²) in [6.45, 7) is 0. The number of amides is 1. The molecule has 1 aromatic carbocycles. The lowest BCUT2D eigenvalue weighted by molar-refractivity contribution is 0.102. The third kappa shape index (κ3) is 3.32. The standard InChI is InChI=1S/C11H5Cl3FN3O/c12-8-7(9(13)18-11(14)17-8)10(19)16-6-3-1-5(15)2-4-6/h1-4H,(H,16,19).